The number of benzene rings is 2. The number of rotatable bonds is 8. The molecule has 47 heavy (non-hydrogen) atoms. The van der Waals surface area contributed by atoms with E-state index in [1.807, 2.05) is 54.6 Å². The first-order valence-corrected chi connectivity index (χ1v) is 18.8. The van der Waals surface area contributed by atoms with Crippen molar-refractivity contribution < 1.29 is 32.3 Å². The third-order valence-electron chi connectivity index (χ3n) is 9.50. The molecule has 2 aromatic rings. The molecule has 3 fully saturated rings. The summed E-state index contributed by atoms with van der Waals surface area (Å²) in [5.74, 6) is -2.38. The van der Waals surface area contributed by atoms with Gasteiger partial charge in [-0.2, -0.15) is 0 Å². The van der Waals surface area contributed by atoms with Crippen LogP contribution in [0.3, 0.4) is 0 Å². The molecule has 4 aliphatic rings. The summed E-state index contributed by atoms with van der Waals surface area (Å²) >= 11 is 1.60. The molecule has 13 heteroatoms. The van der Waals surface area contributed by atoms with Crippen molar-refractivity contribution in [3.05, 3.63) is 54.6 Å². The fraction of sp³-hybridized carbons (Fsp3) is 0.529. The molecule has 2 aliphatic heterocycles. The summed E-state index contributed by atoms with van der Waals surface area (Å²) in [6.45, 7) is 0.0703. The Morgan fingerprint density at radius 3 is 2.64 bits per heavy atom. The van der Waals surface area contributed by atoms with Crippen LogP contribution in [0.4, 0.5) is 0 Å². The summed E-state index contributed by atoms with van der Waals surface area (Å²) in [6, 6.07) is 12.3. The Bertz CT molecular complexity index is 1670. The van der Waals surface area contributed by atoms with Gasteiger partial charge < -0.3 is 20.3 Å². The van der Waals surface area contributed by atoms with Crippen LogP contribution in [0.1, 0.15) is 57.8 Å². The van der Waals surface area contributed by atoms with Crippen LogP contribution < -0.4 is 15.4 Å². The maximum Gasteiger partial charge on any atom is 0.259 e. The van der Waals surface area contributed by atoms with Crippen LogP contribution in [0.5, 0.6) is 0 Å². The molecular weight excluding hydrogens is 641 g/mol. The van der Waals surface area contributed by atoms with Crippen LogP contribution in [-0.4, -0.2) is 85.3 Å². The standard InChI is InChI=1S/C34H42N4O7S2/c1-45-21-30(39)35-27-14-6-4-2-3-5-12-23-19-34(23,33(42)37-47(43,44)25-16-17-25)36-31(40)28-18-24(20-38(28)32(27)41)46-29-15-9-11-22-10-7-8-13-26(22)29/h5,7-13,15,23-25,27-28H,2-4,6,14,16-21H2,1H3,(H,35,39)(H,36,40)(H,37,42)/b12-5-/t23-,24-,27+,28+,34-/m1/s1. The summed E-state index contributed by atoms with van der Waals surface area (Å²) in [5, 5.41) is 7.17. The quantitative estimate of drug-likeness (QED) is 0.360. The molecule has 0 aromatic heterocycles. The van der Waals surface area contributed by atoms with Crippen LogP contribution in [0, 0.1) is 5.92 Å². The van der Waals surface area contributed by atoms with Crippen molar-refractivity contribution in [2.75, 3.05) is 20.3 Å². The van der Waals surface area contributed by atoms with Gasteiger partial charge in [0.25, 0.3) is 5.91 Å². The second kappa shape index (κ2) is 14.0. The predicted octanol–water partition coefficient (Wildman–Crippen LogP) is 3.04. The second-order valence-electron chi connectivity index (χ2n) is 13.0. The molecule has 11 nitrogen and oxygen atoms in total. The topological polar surface area (TPSA) is 151 Å². The maximum atomic E-state index is 14.2. The minimum Gasteiger partial charge on any atom is -0.375 e. The number of nitrogens with zero attached hydrogens (tertiary/aromatic N) is 1. The van der Waals surface area contributed by atoms with Gasteiger partial charge in [-0.3, -0.25) is 23.9 Å². The summed E-state index contributed by atoms with van der Waals surface area (Å²) in [4.78, 5) is 57.2. The Balaban J connectivity index is 1.30. The highest BCUT2D eigenvalue weighted by atomic mass is 32.2. The number of carbonyl (C=O) groups excluding carboxylic acids is 4. The number of nitrogens with one attached hydrogen (secondary N) is 3. The fourth-order valence-electron chi connectivity index (χ4n) is 6.69. The van der Waals surface area contributed by atoms with E-state index in [2.05, 4.69) is 15.4 Å². The Hall–Kier alpha value is -3.42. The fourth-order valence-corrected chi connectivity index (χ4v) is 9.40. The van der Waals surface area contributed by atoms with Crippen LogP contribution in [0.25, 0.3) is 10.8 Å². The average Bonchev–Trinajstić information content (AvgIpc) is 3.97. The van der Waals surface area contributed by atoms with Crippen molar-refractivity contribution in [1.29, 1.82) is 0 Å². The molecule has 4 amide bonds. The Kier molecular flexibility index (Phi) is 9.95. The van der Waals surface area contributed by atoms with E-state index in [0.717, 1.165) is 34.9 Å². The molecular formula is C34H42N4O7S2. The number of thioether (sulfide) groups is 1. The largest absolute Gasteiger partial charge is 0.375 e. The van der Waals surface area contributed by atoms with E-state index < -0.39 is 50.6 Å². The molecule has 5 atom stereocenters. The van der Waals surface area contributed by atoms with E-state index in [0.29, 0.717) is 32.1 Å². The normalized spacial score (nSPS) is 29.1. The number of allylic oxidation sites excluding steroid dienone is 1. The third-order valence-corrected chi connectivity index (χ3v) is 12.6. The van der Waals surface area contributed by atoms with Crippen LogP contribution >= 0.6 is 11.8 Å². The van der Waals surface area contributed by atoms with Gasteiger partial charge in [-0.1, -0.05) is 61.4 Å². The lowest BCUT2D eigenvalue weighted by Gasteiger charge is -2.30. The Morgan fingerprint density at radius 1 is 1.06 bits per heavy atom. The van der Waals surface area contributed by atoms with Gasteiger partial charge in [-0.25, -0.2) is 8.42 Å². The second-order valence-corrected chi connectivity index (χ2v) is 16.3. The van der Waals surface area contributed by atoms with Crippen LogP contribution in [-0.2, 0) is 33.9 Å². The molecule has 252 valence electrons. The van der Waals surface area contributed by atoms with Crippen LogP contribution in [0.15, 0.2) is 59.5 Å². The molecule has 1 saturated heterocycles. The highest BCUT2D eigenvalue weighted by Gasteiger charge is 2.62. The number of sulfonamides is 1. The molecule has 0 spiro atoms. The zero-order valence-electron chi connectivity index (χ0n) is 26.5. The Morgan fingerprint density at radius 2 is 1.85 bits per heavy atom. The summed E-state index contributed by atoms with van der Waals surface area (Å²) in [5.41, 5.74) is -1.42. The minimum absolute atomic E-state index is 0.148. The Labute approximate surface area is 279 Å². The summed E-state index contributed by atoms with van der Waals surface area (Å²) in [6.07, 6.45) is 8.98. The van der Waals surface area contributed by atoms with Gasteiger partial charge in [0.1, 0.15) is 24.2 Å². The van der Waals surface area contributed by atoms with Crippen molar-refractivity contribution in [2.24, 2.45) is 5.92 Å². The zero-order valence-corrected chi connectivity index (χ0v) is 28.1. The molecule has 3 N–H and O–H groups in total. The smallest absolute Gasteiger partial charge is 0.259 e. The average molecular weight is 683 g/mol. The first-order chi connectivity index (χ1) is 22.6. The van der Waals surface area contributed by atoms with Gasteiger partial charge in [-0.05, 0) is 61.8 Å². The lowest BCUT2D eigenvalue weighted by atomic mass is 10.0. The number of hydrogen-bond donors (Lipinski definition) is 3. The lowest BCUT2D eigenvalue weighted by Crippen LogP contribution is -2.58. The molecule has 2 aromatic carbocycles. The number of hydrogen-bond acceptors (Lipinski definition) is 8. The summed E-state index contributed by atoms with van der Waals surface area (Å²) < 4.78 is 32.7. The van der Waals surface area contributed by atoms with E-state index in [-0.39, 0.29) is 36.6 Å². The van der Waals surface area contributed by atoms with Crippen molar-refractivity contribution in [1.82, 2.24) is 20.3 Å². The van der Waals surface area contributed by atoms with Crippen LogP contribution in [0.2, 0.25) is 0 Å². The molecule has 2 saturated carbocycles. The number of carbonyl (C=O) groups is 4. The first kappa shape index (κ1) is 33.5. The van der Waals surface area contributed by atoms with E-state index in [1.54, 1.807) is 11.8 Å². The van der Waals surface area contributed by atoms with Gasteiger partial charge in [0, 0.05) is 29.7 Å². The van der Waals surface area contributed by atoms with Gasteiger partial charge in [0.2, 0.25) is 27.7 Å². The minimum atomic E-state index is -3.83. The molecule has 0 unspecified atom stereocenters. The van der Waals surface area contributed by atoms with E-state index in [9.17, 15) is 27.6 Å². The van der Waals surface area contributed by atoms with Crippen molar-refractivity contribution in [3.63, 3.8) is 0 Å². The van der Waals surface area contributed by atoms with E-state index in [4.69, 9.17) is 4.74 Å². The highest BCUT2D eigenvalue weighted by molar-refractivity contribution is 8.00. The first-order valence-electron chi connectivity index (χ1n) is 16.4. The monoisotopic (exact) mass is 682 g/mol. The zero-order chi connectivity index (χ0) is 33.2. The molecule has 2 aliphatic carbocycles. The lowest BCUT2D eigenvalue weighted by molar-refractivity contribution is -0.142. The number of amides is 4. The summed E-state index contributed by atoms with van der Waals surface area (Å²) in [7, 11) is -2.42. The molecule has 0 bridgehead atoms. The predicted molar refractivity (Wildman–Crippen MR) is 179 cm³/mol. The van der Waals surface area contributed by atoms with Crippen molar-refractivity contribution in [2.45, 2.75) is 90.8 Å². The maximum absolute atomic E-state index is 14.2. The SMILES string of the molecule is COCC(=O)N[C@H]1CCCCC/C=C\[C@@H]2C[C@@]2(C(=O)NS(=O)(=O)C2CC2)NC(=O)[C@@H]2C[C@@H](Sc3cccc4ccccc34)CN2C1=O. The number of fused-ring (bicyclic) bond motifs is 3. The van der Waals surface area contributed by atoms with Crippen molar-refractivity contribution >= 4 is 56.2 Å². The highest BCUT2D eigenvalue weighted by Crippen LogP contribution is 2.46. The molecule has 2 heterocycles. The number of ether oxygens (including phenoxy) is 1. The van der Waals surface area contributed by atoms with Gasteiger partial charge >= 0.3 is 0 Å². The van der Waals surface area contributed by atoms with Gasteiger partial charge in [0.15, 0.2) is 0 Å². The van der Waals surface area contributed by atoms with E-state index in [1.165, 1.54) is 12.0 Å². The van der Waals surface area contributed by atoms with Crippen molar-refractivity contribution in [3.8, 4) is 0 Å². The van der Waals surface area contributed by atoms with Gasteiger partial charge in [0.05, 0.1) is 5.25 Å². The van der Waals surface area contributed by atoms with E-state index >= 15 is 0 Å². The molecule has 6 rings (SSSR count). The van der Waals surface area contributed by atoms with Gasteiger partial charge in [-0.15, -0.1) is 11.8 Å². The number of methoxy groups -OCH3 is 1. The molecule has 0 radical (unpaired) electrons. The third kappa shape index (κ3) is 7.52.